The van der Waals surface area contributed by atoms with E-state index in [1.54, 1.807) is 0 Å². The number of likely N-dealkylation sites (N-methyl/N-ethyl adjacent to an activating group) is 1. The number of nitrogens with one attached hydrogen (secondary N) is 1. The maximum Gasteiger partial charge on any atom is 0.0826 e. The molecule has 1 unspecified atom stereocenters. The molecule has 1 aliphatic rings. The lowest BCUT2D eigenvalue weighted by atomic mass is 10.1. The molecule has 1 saturated heterocycles. The van der Waals surface area contributed by atoms with Crippen molar-refractivity contribution in [2.45, 2.75) is 39.4 Å². The van der Waals surface area contributed by atoms with Crippen molar-refractivity contribution < 1.29 is 9.47 Å². The van der Waals surface area contributed by atoms with Crippen LogP contribution >= 0.6 is 0 Å². The molecule has 0 spiro atoms. The van der Waals surface area contributed by atoms with Gasteiger partial charge in [-0.25, -0.2) is 0 Å². The van der Waals surface area contributed by atoms with Crippen LogP contribution in [0.15, 0.2) is 0 Å². The Bertz CT molecular complexity index is 210. The van der Waals surface area contributed by atoms with Gasteiger partial charge in [0.15, 0.2) is 0 Å². The number of hydrogen-bond donors (Lipinski definition) is 1. The Morgan fingerprint density at radius 3 is 2.82 bits per heavy atom. The third-order valence-corrected chi connectivity index (χ3v) is 3.13. The third kappa shape index (κ3) is 5.82. The molecule has 17 heavy (non-hydrogen) atoms. The van der Waals surface area contributed by atoms with Crippen LogP contribution in [0.1, 0.15) is 27.7 Å². The molecule has 4 nitrogen and oxygen atoms in total. The van der Waals surface area contributed by atoms with Crippen LogP contribution in [-0.4, -0.2) is 62.5 Å². The number of rotatable bonds is 7. The second-order valence-electron chi connectivity index (χ2n) is 5.21. The Hall–Kier alpha value is -0.160. The minimum atomic E-state index is -0.0894. The van der Waals surface area contributed by atoms with Gasteiger partial charge in [0.25, 0.3) is 0 Å². The average molecular weight is 244 g/mol. The van der Waals surface area contributed by atoms with Gasteiger partial charge < -0.3 is 14.8 Å². The van der Waals surface area contributed by atoms with Crippen LogP contribution in [0.4, 0.5) is 0 Å². The molecule has 1 rings (SSSR count). The van der Waals surface area contributed by atoms with Gasteiger partial charge >= 0.3 is 0 Å². The summed E-state index contributed by atoms with van der Waals surface area (Å²) in [6.45, 7) is 15.1. The van der Waals surface area contributed by atoms with E-state index in [1.165, 1.54) is 0 Å². The zero-order valence-corrected chi connectivity index (χ0v) is 11.8. The van der Waals surface area contributed by atoms with Gasteiger partial charge in [-0.3, -0.25) is 4.90 Å². The number of ether oxygens (including phenoxy) is 2. The fraction of sp³-hybridized carbons (Fsp3) is 1.00. The standard InChI is InChI=1S/C13H28N2O2/c1-5-15-7-8-16-12(10-15)9-14-11-13(3,4)17-6-2/h12,14H,5-11H2,1-4H3. The van der Waals surface area contributed by atoms with Gasteiger partial charge in [0, 0.05) is 32.8 Å². The molecule has 4 heteroatoms. The maximum absolute atomic E-state index is 5.74. The Labute approximate surface area is 106 Å². The topological polar surface area (TPSA) is 33.7 Å². The second kappa shape index (κ2) is 7.31. The highest BCUT2D eigenvalue weighted by Crippen LogP contribution is 2.08. The summed E-state index contributed by atoms with van der Waals surface area (Å²) in [5.41, 5.74) is -0.0894. The molecule has 1 N–H and O–H groups in total. The van der Waals surface area contributed by atoms with Crippen LogP contribution in [0.25, 0.3) is 0 Å². The lowest BCUT2D eigenvalue weighted by molar-refractivity contribution is -0.0347. The maximum atomic E-state index is 5.74. The summed E-state index contributed by atoms with van der Waals surface area (Å²) in [4.78, 5) is 2.43. The molecule has 0 radical (unpaired) electrons. The highest BCUT2D eigenvalue weighted by Gasteiger charge is 2.21. The van der Waals surface area contributed by atoms with Crippen molar-refractivity contribution in [1.82, 2.24) is 10.2 Å². The van der Waals surface area contributed by atoms with Crippen molar-refractivity contribution in [1.29, 1.82) is 0 Å². The predicted octanol–water partition coefficient (Wildman–Crippen LogP) is 1.11. The van der Waals surface area contributed by atoms with E-state index in [9.17, 15) is 0 Å². The molecule has 0 amide bonds. The first kappa shape index (κ1) is 14.9. The lowest BCUT2D eigenvalue weighted by Gasteiger charge is -2.33. The van der Waals surface area contributed by atoms with E-state index >= 15 is 0 Å². The second-order valence-corrected chi connectivity index (χ2v) is 5.21. The molecule has 1 fully saturated rings. The van der Waals surface area contributed by atoms with Crippen molar-refractivity contribution in [2.75, 3.05) is 45.9 Å². The molecule has 1 atom stereocenters. The van der Waals surface area contributed by atoms with Crippen LogP contribution in [0, 0.1) is 0 Å². The summed E-state index contributed by atoms with van der Waals surface area (Å²) < 4.78 is 11.4. The molecular weight excluding hydrogens is 216 g/mol. The molecule has 1 heterocycles. The van der Waals surface area contributed by atoms with Crippen LogP contribution in [-0.2, 0) is 9.47 Å². The van der Waals surface area contributed by atoms with Gasteiger partial charge in [-0.05, 0) is 27.3 Å². The summed E-state index contributed by atoms with van der Waals surface area (Å²) in [6.07, 6.45) is 0.320. The van der Waals surface area contributed by atoms with E-state index in [4.69, 9.17) is 9.47 Å². The smallest absolute Gasteiger partial charge is 0.0826 e. The van der Waals surface area contributed by atoms with Crippen LogP contribution in [0.2, 0.25) is 0 Å². The molecule has 0 aromatic rings. The van der Waals surface area contributed by atoms with Crippen molar-refractivity contribution in [3.63, 3.8) is 0 Å². The Kier molecular flexibility index (Phi) is 6.41. The van der Waals surface area contributed by atoms with Gasteiger partial charge in [-0.1, -0.05) is 6.92 Å². The molecule has 0 aromatic carbocycles. The Balaban J connectivity index is 2.17. The highest BCUT2D eigenvalue weighted by molar-refractivity contribution is 4.76. The summed E-state index contributed by atoms with van der Waals surface area (Å²) >= 11 is 0. The molecule has 1 aliphatic heterocycles. The third-order valence-electron chi connectivity index (χ3n) is 3.13. The van der Waals surface area contributed by atoms with Gasteiger partial charge in [0.2, 0.25) is 0 Å². The van der Waals surface area contributed by atoms with E-state index in [1.807, 2.05) is 6.92 Å². The summed E-state index contributed by atoms with van der Waals surface area (Å²) in [7, 11) is 0. The highest BCUT2D eigenvalue weighted by atomic mass is 16.5. The predicted molar refractivity (Wildman–Crippen MR) is 70.4 cm³/mol. The largest absolute Gasteiger partial charge is 0.375 e. The average Bonchev–Trinajstić information content (AvgIpc) is 2.29. The number of morpholine rings is 1. The molecular formula is C13H28N2O2. The van der Waals surface area contributed by atoms with Crippen molar-refractivity contribution in [2.24, 2.45) is 0 Å². The van der Waals surface area contributed by atoms with Crippen molar-refractivity contribution in [3.05, 3.63) is 0 Å². The quantitative estimate of drug-likeness (QED) is 0.727. The van der Waals surface area contributed by atoms with Gasteiger partial charge in [-0.15, -0.1) is 0 Å². The van der Waals surface area contributed by atoms with E-state index in [0.717, 1.165) is 45.9 Å². The fourth-order valence-electron chi connectivity index (χ4n) is 2.17. The summed E-state index contributed by atoms with van der Waals surface area (Å²) in [5.74, 6) is 0. The van der Waals surface area contributed by atoms with Gasteiger partial charge in [0.05, 0.1) is 18.3 Å². The number of hydrogen-bond acceptors (Lipinski definition) is 4. The first-order valence-corrected chi connectivity index (χ1v) is 6.76. The SMILES string of the molecule is CCOC(C)(C)CNCC1CN(CC)CCO1. The van der Waals surface area contributed by atoms with E-state index in [0.29, 0.717) is 6.10 Å². The van der Waals surface area contributed by atoms with Crippen LogP contribution in [0.5, 0.6) is 0 Å². The molecule has 0 aliphatic carbocycles. The van der Waals surface area contributed by atoms with Crippen LogP contribution in [0.3, 0.4) is 0 Å². The van der Waals surface area contributed by atoms with Gasteiger partial charge in [-0.2, -0.15) is 0 Å². The molecule has 0 saturated carbocycles. The minimum Gasteiger partial charge on any atom is -0.375 e. The monoisotopic (exact) mass is 244 g/mol. The van der Waals surface area contributed by atoms with Crippen LogP contribution < -0.4 is 5.32 Å². The Morgan fingerprint density at radius 2 is 2.18 bits per heavy atom. The lowest BCUT2D eigenvalue weighted by Crippen LogP contribution is -2.48. The number of nitrogens with zero attached hydrogens (tertiary/aromatic N) is 1. The Morgan fingerprint density at radius 1 is 1.41 bits per heavy atom. The normalized spacial score (nSPS) is 22.9. The molecule has 0 bridgehead atoms. The first-order valence-electron chi connectivity index (χ1n) is 6.76. The minimum absolute atomic E-state index is 0.0894. The molecule has 0 aromatic heterocycles. The first-order chi connectivity index (χ1) is 8.07. The fourth-order valence-corrected chi connectivity index (χ4v) is 2.17. The summed E-state index contributed by atoms with van der Waals surface area (Å²) in [5, 5.41) is 3.45. The van der Waals surface area contributed by atoms with Crippen molar-refractivity contribution in [3.8, 4) is 0 Å². The molecule has 102 valence electrons. The van der Waals surface area contributed by atoms with Crippen molar-refractivity contribution >= 4 is 0 Å². The van der Waals surface area contributed by atoms with Gasteiger partial charge in [0.1, 0.15) is 0 Å². The zero-order chi connectivity index (χ0) is 12.7. The summed E-state index contributed by atoms with van der Waals surface area (Å²) in [6, 6.07) is 0. The zero-order valence-electron chi connectivity index (χ0n) is 11.8. The van der Waals surface area contributed by atoms with E-state index in [-0.39, 0.29) is 5.60 Å². The van der Waals surface area contributed by atoms with E-state index in [2.05, 4.69) is 31.0 Å². The van der Waals surface area contributed by atoms with E-state index < -0.39 is 0 Å².